The van der Waals surface area contributed by atoms with E-state index in [1.165, 1.54) is 37.6 Å². The maximum atomic E-state index is 12.5. The summed E-state index contributed by atoms with van der Waals surface area (Å²) in [6, 6.07) is 10.9. The number of rotatable bonds is 4. The number of hydrogen-bond donors (Lipinski definition) is 3. The molecule has 1 aromatic carbocycles. The van der Waals surface area contributed by atoms with Crippen LogP contribution in [-0.4, -0.2) is 26.9 Å². The van der Waals surface area contributed by atoms with Gasteiger partial charge in [-0.2, -0.15) is 0 Å². The average molecular weight is 397 g/mol. The van der Waals surface area contributed by atoms with Crippen molar-refractivity contribution in [2.45, 2.75) is 37.6 Å². The Bertz CT molecular complexity index is 894. The molecule has 0 radical (unpaired) electrons. The number of benzene rings is 1. The summed E-state index contributed by atoms with van der Waals surface area (Å²) in [6.45, 7) is 0. The van der Waals surface area contributed by atoms with Gasteiger partial charge >= 0.3 is 0 Å². The minimum absolute atomic E-state index is 0.0298. The summed E-state index contributed by atoms with van der Waals surface area (Å²) in [5.41, 5.74) is 7.82. The van der Waals surface area contributed by atoms with Crippen molar-refractivity contribution >= 4 is 28.5 Å². The summed E-state index contributed by atoms with van der Waals surface area (Å²) in [4.78, 5) is 21.4. The predicted molar refractivity (Wildman–Crippen MR) is 113 cm³/mol. The van der Waals surface area contributed by atoms with Gasteiger partial charge in [-0.25, -0.2) is 4.98 Å². The van der Waals surface area contributed by atoms with Crippen molar-refractivity contribution in [3.63, 3.8) is 0 Å². The van der Waals surface area contributed by atoms with E-state index in [-0.39, 0.29) is 22.9 Å². The molecule has 1 amide bonds. The minimum atomic E-state index is -0.313. The normalized spacial score (nSPS) is 22.6. The second-order valence-corrected chi connectivity index (χ2v) is 8.43. The summed E-state index contributed by atoms with van der Waals surface area (Å²) >= 11 is 1.62. The fraction of sp³-hybridized carbons (Fsp3) is 0.381. The number of carbonyl (C=O) groups is 1. The van der Waals surface area contributed by atoms with Gasteiger partial charge in [-0.1, -0.05) is 43.2 Å². The highest BCUT2D eigenvalue weighted by atomic mass is 32.2. The zero-order chi connectivity index (χ0) is 19.6. The number of nitrogens with zero attached hydrogens (tertiary/aromatic N) is 2. The number of amidine groups is 1. The van der Waals surface area contributed by atoms with Crippen molar-refractivity contribution in [2.75, 3.05) is 11.1 Å². The van der Waals surface area contributed by atoms with Gasteiger partial charge in [0.1, 0.15) is 17.0 Å². The van der Waals surface area contributed by atoms with Crippen LogP contribution in [0.2, 0.25) is 0 Å². The molecule has 1 fully saturated rings. The number of aromatic hydroxyl groups is 1. The highest BCUT2D eigenvalue weighted by Gasteiger charge is 2.44. The van der Waals surface area contributed by atoms with Crippen LogP contribution in [0.1, 0.15) is 48.2 Å². The molecule has 7 heteroatoms. The standard InChI is InChI=1S/C21H24N4O2S/c22-20-25-21(13-28-20,14-5-2-1-3-6-14)15-7-4-8-16(11-15)24-19(27)18-10-9-17(26)12-23-18/h4,7-12,14,26H,1-3,5-6,13H2,(H2,22,25)(H,24,27). The van der Waals surface area contributed by atoms with Crippen molar-refractivity contribution in [3.8, 4) is 5.75 Å². The lowest BCUT2D eigenvalue weighted by Crippen LogP contribution is -2.35. The second kappa shape index (κ2) is 7.83. The Kier molecular flexibility index (Phi) is 5.26. The van der Waals surface area contributed by atoms with Gasteiger partial charge < -0.3 is 16.2 Å². The van der Waals surface area contributed by atoms with E-state index in [1.54, 1.807) is 11.8 Å². The lowest BCUT2D eigenvalue weighted by molar-refractivity contribution is 0.102. The Morgan fingerprint density at radius 3 is 2.71 bits per heavy atom. The van der Waals surface area contributed by atoms with Gasteiger partial charge in [0.05, 0.1) is 6.20 Å². The molecule has 0 bridgehead atoms. The maximum absolute atomic E-state index is 12.5. The van der Waals surface area contributed by atoms with Crippen molar-refractivity contribution in [2.24, 2.45) is 16.6 Å². The predicted octanol–water partition coefficient (Wildman–Crippen LogP) is 3.88. The van der Waals surface area contributed by atoms with Crippen molar-refractivity contribution < 1.29 is 9.90 Å². The van der Waals surface area contributed by atoms with Crippen molar-refractivity contribution in [1.82, 2.24) is 4.98 Å². The number of thioether (sulfide) groups is 1. The van der Waals surface area contributed by atoms with E-state index in [2.05, 4.69) is 16.4 Å². The third kappa shape index (κ3) is 3.71. The zero-order valence-electron chi connectivity index (χ0n) is 15.6. The quantitative estimate of drug-likeness (QED) is 0.728. The van der Waals surface area contributed by atoms with E-state index in [9.17, 15) is 9.90 Å². The molecule has 1 atom stereocenters. The van der Waals surface area contributed by atoms with Gasteiger partial charge in [-0.15, -0.1) is 0 Å². The number of aliphatic imine (C=N–C) groups is 1. The van der Waals surface area contributed by atoms with Crippen LogP contribution in [-0.2, 0) is 5.54 Å². The van der Waals surface area contributed by atoms with E-state index in [0.29, 0.717) is 16.8 Å². The van der Waals surface area contributed by atoms with Crippen LogP contribution in [0.25, 0.3) is 0 Å². The number of aromatic nitrogens is 1. The topological polar surface area (TPSA) is 101 Å². The summed E-state index contributed by atoms with van der Waals surface area (Å²) in [5, 5.41) is 12.9. The molecule has 28 heavy (non-hydrogen) atoms. The first-order chi connectivity index (χ1) is 13.6. The molecule has 1 aliphatic carbocycles. The summed E-state index contributed by atoms with van der Waals surface area (Å²) < 4.78 is 0. The number of carbonyl (C=O) groups excluding carboxylic acids is 1. The third-order valence-electron chi connectivity index (χ3n) is 5.63. The van der Waals surface area contributed by atoms with Gasteiger partial charge in [-0.3, -0.25) is 9.79 Å². The number of amides is 1. The van der Waals surface area contributed by atoms with Crippen molar-refractivity contribution in [1.29, 1.82) is 0 Å². The minimum Gasteiger partial charge on any atom is -0.506 e. The first-order valence-corrected chi connectivity index (χ1v) is 10.6. The second-order valence-electron chi connectivity index (χ2n) is 7.43. The fourth-order valence-corrected chi connectivity index (χ4v) is 5.26. The molecule has 1 saturated carbocycles. The van der Waals surface area contributed by atoms with Gasteiger partial charge in [0.2, 0.25) is 0 Å². The number of nitrogens with one attached hydrogen (secondary N) is 1. The maximum Gasteiger partial charge on any atom is 0.274 e. The van der Waals surface area contributed by atoms with Crippen LogP contribution < -0.4 is 11.1 Å². The van der Waals surface area contributed by atoms with Crippen LogP contribution in [0.4, 0.5) is 5.69 Å². The molecule has 2 aliphatic rings. The number of pyridine rings is 1. The number of anilines is 1. The summed E-state index contributed by atoms with van der Waals surface area (Å²) in [7, 11) is 0. The molecule has 2 heterocycles. The molecule has 0 saturated heterocycles. The molecule has 1 unspecified atom stereocenters. The molecular formula is C21H24N4O2S. The van der Waals surface area contributed by atoms with E-state index < -0.39 is 0 Å². The van der Waals surface area contributed by atoms with E-state index in [4.69, 9.17) is 10.7 Å². The number of nitrogens with two attached hydrogens (primary N) is 1. The monoisotopic (exact) mass is 396 g/mol. The Hall–Kier alpha value is -2.54. The molecule has 2 aromatic rings. The molecule has 6 nitrogen and oxygen atoms in total. The highest BCUT2D eigenvalue weighted by Crippen LogP contribution is 2.48. The van der Waals surface area contributed by atoms with E-state index in [0.717, 1.165) is 24.2 Å². The first-order valence-electron chi connectivity index (χ1n) is 9.62. The smallest absolute Gasteiger partial charge is 0.274 e. The molecule has 0 spiro atoms. The summed E-state index contributed by atoms with van der Waals surface area (Å²) in [5.74, 6) is 1.04. The molecular weight excluding hydrogens is 372 g/mol. The SMILES string of the molecule is NC1=NC(c2cccc(NC(=O)c3ccc(O)cn3)c2)(C2CCCCC2)CS1. The van der Waals surface area contributed by atoms with Gasteiger partial charge in [-0.05, 0) is 48.6 Å². The zero-order valence-corrected chi connectivity index (χ0v) is 16.4. The third-order valence-corrected chi connectivity index (χ3v) is 6.60. The lowest BCUT2D eigenvalue weighted by atomic mass is 9.72. The number of hydrogen-bond acceptors (Lipinski definition) is 6. The Labute approximate surface area is 168 Å². The van der Waals surface area contributed by atoms with Gasteiger partial charge in [0.25, 0.3) is 5.91 Å². The Morgan fingerprint density at radius 2 is 2.04 bits per heavy atom. The molecule has 4 N–H and O–H groups in total. The Balaban J connectivity index is 1.61. The molecule has 4 rings (SSSR count). The highest BCUT2D eigenvalue weighted by molar-refractivity contribution is 8.14. The molecule has 1 aromatic heterocycles. The van der Waals surface area contributed by atoms with Crippen LogP contribution in [0.3, 0.4) is 0 Å². The first kappa shape index (κ1) is 18.8. The van der Waals surface area contributed by atoms with Crippen molar-refractivity contribution in [3.05, 3.63) is 53.9 Å². The van der Waals surface area contributed by atoms with Gasteiger partial charge in [0, 0.05) is 11.4 Å². The lowest BCUT2D eigenvalue weighted by Gasteiger charge is -2.37. The Morgan fingerprint density at radius 1 is 1.21 bits per heavy atom. The van der Waals surface area contributed by atoms with Gasteiger partial charge in [0.15, 0.2) is 5.17 Å². The fourth-order valence-electron chi connectivity index (χ4n) is 4.20. The summed E-state index contributed by atoms with van der Waals surface area (Å²) in [6.07, 6.45) is 7.33. The van der Waals surface area contributed by atoms with Crippen LogP contribution in [0.5, 0.6) is 5.75 Å². The average Bonchev–Trinajstić information content (AvgIpc) is 3.12. The van der Waals surface area contributed by atoms with Crippen LogP contribution >= 0.6 is 11.8 Å². The van der Waals surface area contributed by atoms with Crippen LogP contribution in [0.15, 0.2) is 47.6 Å². The van der Waals surface area contributed by atoms with Crippen LogP contribution in [0, 0.1) is 5.92 Å². The van der Waals surface area contributed by atoms with E-state index >= 15 is 0 Å². The molecule has 146 valence electrons. The van der Waals surface area contributed by atoms with E-state index in [1.807, 2.05) is 18.2 Å². The molecule has 1 aliphatic heterocycles. The largest absolute Gasteiger partial charge is 0.506 e.